The molecule has 0 saturated carbocycles. The highest BCUT2D eigenvalue weighted by molar-refractivity contribution is 7.90. The van der Waals surface area contributed by atoms with Crippen molar-refractivity contribution in [3.05, 3.63) is 94.8 Å². The zero-order chi connectivity index (χ0) is 22.0. The molecule has 4 aromatic rings. The molecular formula is C23H17ClN4O2S. The predicted octanol–water partition coefficient (Wildman–Crippen LogP) is 5.01. The number of sulfonamides is 1. The van der Waals surface area contributed by atoms with Gasteiger partial charge in [-0.05, 0) is 48.9 Å². The molecule has 0 aliphatic heterocycles. The molecule has 0 aliphatic carbocycles. The van der Waals surface area contributed by atoms with Gasteiger partial charge in [-0.2, -0.15) is 18.1 Å². The van der Waals surface area contributed by atoms with E-state index < -0.39 is 15.9 Å². The molecule has 8 heteroatoms. The van der Waals surface area contributed by atoms with Crippen molar-refractivity contribution in [2.75, 3.05) is 0 Å². The van der Waals surface area contributed by atoms with Crippen molar-refractivity contribution in [2.45, 2.75) is 17.7 Å². The van der Waals surface area contributed by atoms with E-state index in [1.165, 1.54) is 12.1 Å². The van der Waals surface area contributed by atoms with E-state index in [0.717, 1.165) is 11.1 Å². The highest BCUT2D eigenvalue weighted by Crippen LogP contribution is 2.25. The summed E-state index contributed by atoms with van der Waals surface area (Å²) in [5, 5.41) is 10.5. The van der Waals surface area contributed by atoms with E-state index in [2.05, 4.69) is 20.4 Å². The summed E-state index contributed by atoms with van der Waals surface area (Å²) in [6.07, 6.45) is 0. The number of aromatic nitrogens is 2. The molecule has 0 saturated heterocycles. The highest BCUT2D eigenvalue weighted by Gasteiger charge is 2.26. The number of nitriles is 1. The van der Waals surface area contributed by atoms with E-state index in [0.29, 0.717) is 21.9 Å². The quantitative estimate of drug-likeness (QED) is 0.434. The fraction of sp³-hybridized carbons (Fsp3) is 0.0870. The van der Waals surface area contributed by atoms with Crippen LogP contribution in [-0.2, 0) is 10.0 Å². The minimum atomic E-state index is -4.07. The number of nitrogens with zero attached hydrogens (tertiary/aromatic N) is 3. The van der Waals surface area contributed by atoms with Crippen LogP contribution in [0.25, 0.3) is 11.0 Å². The van der Waals surface area contributed by atoms with Crippen LogP contribution in [0.4, 0.5) is 0 Å². The van der Waals surface area contributed by atoms with Crippen LogP contribution in [0.5, 0.6) is 0 Å². The monoisotopic (exact) mass is 448 g/mol. The molecular weight excluding hydrogens is 432 g/mol. The minimum Gasteiger partial charge on any atom is -0.341 e. The lowest BCUT2D eigenvalue weighted by Gasteiger charge is -2.12. The largest absolute Gasteiger partial charge is 0.341 e. The van der Waals surface area contributed by atoms with Gasteiger partial charge in [0, 0.05) is 5.02 Å². The zero-order valence-electron chi connectivity index (χ0n) is 16.4. The molecule has 0 amide bonds. The van der Waals surface area contributed by atoms with E-state index in [9.17, 15) is 13.7 Å². The number of aromatic amines is 1. The second-order valence-corrected chi connectivity index (χ2v) is 9.01. The van der Waals surface area contributed by atoms with Crippen LogP contribution in [0.1, 0.15) is 22.9 Å². The Morgan fingerprint density at radius 1 is 1.06 bits per heavy atom. The van der Waals surface area contributed by atoms with E-state index in [1.807, 2.05) is 31.2 Å². The van der Waals surface area contributed by atoms with Gasteiger partial charge in [0.25, 0.3) is 10.0 Å². The number of benzene rings is 3. The summed E-state index contributed by atoms with van der Waals surface area (Å²) >= 11 is 6.00. The Labute approximate surface area is 184 Å². The number of imidazole rings is 1. The Kier molecular flexibility index (Phi) is 5.59. The summed E-state index contributed by atoms with van der Waals surface area (Å²) in [4.78, 5) is 7.64. The summed E-state index contributed by atoms with van der Waals surface area (Å²) in [5.41, 5.74) is 2.88. The second kappa shape index (κ2) is 8.34. The van der Waals surface area contributed by atoms with Crippen molar-refractivity contribution in [3.8, 4) is 6.07 Å². The van der Waals surface area contributed by atoms with Gasteiger partial charge in [-0.25, -0.2) is 4.98 Å². The van der Waals surface area contributed by atoms with Gasteiger partial charge in [-0.15, -0.1) is 0 Å². The van der Waals surface area contributed by atoms with Gasteiger partial charge < -0.3 is 4.98 Å². The first-order valence-electron chi connectivity index (χ1n) is 9.39. The van der Waals surface area contributed by atoms with E-state index in [4.69, 9.17) is 11.6 Å². The lowest BCUT2D eigenvalue weighted by molar-refractivity contribution is 0.598. The Morgan fingerprint density at radius 3 is 2.39 bits per heavy atom. The van der Waals surface area contributed by atoms with Crippen LogP contribution in [0, 0.1) is 18.3 Å². The molecule has 31 heavy (non-hydrogen) atoms. The first-order valence-corrected chi connectivity index (χ1v) is 11.2. The SMILES string of the molecule is Cc1ccc(S(=O)(=O)/N=C(\c2ccc(Cl)cc2)C(C#N)c2nc3ccccc3[nH]2)cc1. The third-order valence-electron chi connectivity index (χ3n) is 4.76. The standard InChI is InChI=1S/C23H17ClN4O2S/c1-15-6-12-18(13-7-15)31(29,30)28-22(16-8-10-17(24)11-9-16)19(14-25)23-26-20-4-2-3-5-21(20)27-23/h2-13,19H,1H3,(H,26,27)/b28-22+. The number of H-pyrrole nitrogens is 1. The number of para-hydroxylation sites is 2. The van der Waals surface area contributed by atoms with Gasteiger partial charge >= 0.3 is 0 Å². The van der Waals surface area contributed by atoms with E-state index in [1.54, 1.807) is 36.4 Å². The summed E-state index contributed by atoms with van der Waals surface area (Å²) in [6.45, 7) is 1.87. The molecule has 1 aromatic heterocycles. The maximum atomic E-state index is 13.1. The first-order chi connectivity index (χ1) is 14.9. The fourth-order valence-electron chi connectivity index (χ4n) is 3.15. The molecule has 3 aromatic carbocycles. The zero-order valence-corrected chi connectivity index (χ0v) is 18.0. The molecule has 0 fully saturated rings. The summed E-state index contributed by atoms with van der Waals surface area (Å²) < 4.78 is 30.2. The molecule has 1 heterocycles. The van der Waals surface area contributed by atoms with E-state index in [-0.39, 0.29) is 10.6 Å². The minimum absolute atomic E-state index is 0.0471. The van der Waals surface area contributed by atoms with Crippen LogP contribution >= 0.6 is 11.6 Å². The average molecular weight is 449 g/mol. The molecule has 0 radical (unpaired) electrons. The van der Waals surface area contributed by atoms with Gasteiger partial charge in [-0.1, -0.05) is 53.6 Å². The lowest BCUT2D eigenvalue weighted by Crippen LogP contribution is -2.16. The second-order valence-electron chi connectivity index (χ2n) is 6.97. The Bertz CT molecular complexity index is 1380. The van der Waals surface area contributed by atoms with Crippen molar-refractivity contribution in [2.24, 2.45) is 4.40 Å². The fourth-order valence-corrected chi connectivity index (χ4v) is 4.33. The van der Waals surface area contributed by atoms with Crippen LogP contribution in [-0.4, -0.2) is 24.1 Å². The van der Waals surface area contributed by atoms with E-state index >= 15 is 0 Å². The highest BCUT2D eigenvalue weighted by atomic mass is 35.5. The topological polar surface area (TPSA) is 99.0 Å². The van der Waals surface area contributed by atoms with Gasteiger partial charge in [0.05, 0.1) is 27.7 Å². The van der Waals surface area contributed by atoms with Gasteiger partial charge in [0.15, 0.2) is 0 Å². The van der Waals surface area contributed by atoms with Crippen LogP contribution in [0.2, 0.25) is 5.02 Å². The van der Waals surface area contributed by atoms with Gasteiger partial charge in [-0.3, -0.25) is 0 Å². The third-order valence-corrected chi connectivity index (χ3v) is 6.32. The smallest absolute Gasteiger partial charge is 0.282 e. The Morgan fingerprint density at radius 2 is 1.74 bits per heavy atom. The Hall–Kier alpha value is -3.47. The van der Waals surface area contributed by atoms with Crippen LogP contribution < -0.4 is 0 Å². The van der Waals surface area contributed by atoms with Gasteiger partial charge in [0.1, 0.15) is 11.7 Å². The number of nitrogens with one attached hydrogen (secondary N) is 1. The number of hydrogen-bond donors (Lipinski definition) is 1. The van der Waals surface area contributed by atoms with Crippen molar-refractivity contribution in [1.29, 1.82) is 5.26 Å². The molecule has 0 spiro atoms. The normalized spacial score (nSPS) is 13.1. The third kappa shape index (κ3) is 4.36. The molecule has 6 nitrogen and oxygen atoms in total. The summed E-state index contributed by atoms with van der Waals surface area (Å²) in [7, 11) is -4.07. The molecule has 1 N–H and O–H groups in total. The molecule has 0 bridgehead atoms. The van der Waals surface area contributed by atoms with Crippen molar-refractivity contribution in [1.82, 2.24) is 9.97 Å². The van der Waals surface area contributed by atoms with Gasteiger partial charge in [0.2, 0.25) is 0 Å². The maximum absolute atomic E-state index is 13.1. The maximum Gasteiger partial charge on any atom is 0.282 e. The number of aryl methyl sites for hydroxylation is 1. The molecule has 4 rings (SSSR count). The lowest BCUT2D eigenvalue weighted by atomic mass is 9.97. The molecule has 0 aliphatic rings. The number of hydrogen-bond acceptors (Lipinski definition) is 4. The summed E-state index contributed by atoms with van der Waals surface area (Å²) in [5.74, 6) is -0.717. The number of rotatable bonds is 5. The summed E-state index contributed by atoms with van der Waals surface area (Å²) in [6, 6.07) is 22.4. The molecule has 1 unspecified atom stereocenters. The predicted molar refractivity (Wildman–Crippen MR) is 121 cm³/mol. The van der Waals surface area contributed by atoms with Crippen molar-refractivity contribution < 1.29 is 8.42 Å². The van der Waals surface area contributed by atoms with Crippen LogP contribution in [0.3, 0.4) is 0 Å². The average Bonchev–Trinajstić information content (AvgIpc) is 3.18. The van der Waals surface area contributed by atoms with Crippen molar-refractivity contribution >= 4 is 38.4 Å². The van der Waals surface area contributed by atoms with Crippen LogP contribution in [0.15, 0.2) is 82.1 Å². The number of halogens is 1. The molecule has 154 valence electrons. The first kappa shape index (κ1) is 20.8. The molecule has 1 atom stereocenters. The number of fused-ring (bicyclic) bond motifs is 1. The Balaban J connectivity index is 1.89. The van der Waals surface area contributed by atoms with Crippen molar-refractivity contribution in [3.63, 3.8) is 0 Å².